The number of hydrogen-bond donors (Lipinski definition) is 2. The molecule has 0 spiro atoms. The Balaban J connectivity index is 6.20. The Morgan fingerprint density at radius 2 is 0.556 bits per heavy atom. The van der Waals surface area contributed by atoms with Crippen LogP contribution in [0.25, 0.3) is 0 Å². The normalized spacial score (nSPS) is 16.0. The molecule has 0 atom stereocenters. The van der Waals surface area contributed by atoms with Crippen LogP contribution in [0.5, 0.6) is 0 Å². The number of halogens is 26. The van der Waals surface area contributed by atoms with Crippen LogP contribution in [-0.2, 0) is 9.59 Å². The number of rotatable bonds is 20. The van der Waals surface area contributed by atoms with Crippen molar-refractivity contribution < 1.29 is 134 Å². The van der Waals surface area contributed by atoms with Crippen molar-refractivity contribution in [1.82, 2.24) is 0 Å². The summed E-state index contributed by atoms with van der Waals surface area (Å²) in [4.78, 5) is 22.8. The van der Waals surface area contributed by atoms with Crippen molar-refractivity contribution in [1.29, 1.82) is 0 Å². The fraction of sp³-hybridized carbons (Fsp3) is 0.833. The van der Waals surface area contributed by atoms with E-state index in [-0.39, 0.29) is 0 Å². The lowest BCUT2D eigenvalue weighted by atomic mass is 9.91. The Labute approximate surface area is 281 Å². The van der Waals surface area contributed by atoms with Gasteiger partial charge in [-0.25, -0.2) is 44.7 Å². The zero-order valence-electron chi connectivity index (χ0n) is 25.2. The third-order valence-corrected chi connectivity index (χ3v) is 6.78. The van der Waals surface area contributed by atoms with Crippen LogP contribution in [0.15, 0.2) is 11.1 Å². The van der Waals surface area contributed by atoms with E-state index in [1.54, 1.807) is 0 Å². The number of carbonyl (C=O) groups is 2. The molecule has 0 aliphatic carbocycles. The topological polar surface area (TPSA) is 74.6 Å². The van der Waals surface area contributed by atoms with Crippen molar-refractivity contribution in [3.8, 4) is 0 Å². The number of carboxylic acid groups (broad SMARTS) is 2. The number of aliphatic carboxylic acids is 2. The summed E-state index contributed by atoms with van der Waals surface area (Å²) in [5, 5.41) is 18.2. The van der Waals surface area contributed by atoms with Crippen LogP contribution in [0.4, 0.5) is 114 Å². The summed E-state index contributed by atoms with van der Waals surface area (Å²) >= 11 is 0. The van der Waals surface area contributed by atoms with Gasteiger partial charge in [0.2, 0.25) is 0 Å². The molecule has 320 valence electrons. The van der Waals surface area contributed by atoms with Crippen molar-refractivity contribution in [3.63, 3.8) is 0 Å². The van der Waals surface area contributed by atoms with Gasteiger partial charge in [-0.1, -0.05) is 0 Å². The molecule has 0 aromatic carbocycles. The van der Waals surface area contributed by atoms with Crippen molar-refractivity contribution in [2.45, 2.75) is 123 Å². The van der Waals surface area contributed by atoms with Crippen molar-refractivity contribution in [3.05, 3.63) is 11.1 Å². The van der Waals surface area contributed by atoms with Gasteiger partial charge in [-0.15, -0.1) is 0 Å². The van der Waals surface area contributed by atoms with Gasteiger partial charge in [-0.05, 0) is 12.8 Å². The molecule has 0 rings (SSSR count). The molecule has 0 aliphatic rings. The van der Waals surface area contributed by atoms with Crippen LogP contribution in [0.3, 0.4) is 0 Å². The second-order valence-electron chi connectivity index (χ2n) is 11.4. The highest BCUT2D eigenvalue weighted by Gasteiger charge is 2.83. The number of alkyl halides is 26. The quantitative estimate of drug-likeness (QED) is 0.0944. The first-order valence-electron chi connectivity index (χ1n) is 13.3. The molecule has 0 aliphatic heterocycles. The first-order chi connectivity index (χ1) is 23.2. The molecule has 0 unspecified atom stereocenters. The molecule has 0 aromatic rings. The van der Waals surface area contributed by atoms with Crippen molar-refractivity contribution in [2.75, 3.05) is 0 Å². The molecule has 30 heteroatoms. The van der Waals surface area contributed by atoms with E-state index in [1.165, 1.54) is 0 Å². The molecule has 0 amide bonds. The first-order valence-corrected chi connectivity index (χ1v) is 13.3. The molecule has 4 nitrogen and oxygen atoms in total. The van der Waals surface area contributed by atoms with Gasteiger partial charge in [0.25, 0.3) is 23.7 Å². The average Bonchev–Trinajstić information content (AvgIpc) is 2.85. The second-order valence-corrected chi connectivity index (χ2v) is 11.4. The molecule has 0 fully saturated rings. The minimum absolute atomic E-state index is 2.07. The third kappa shape index (κ3) is 11.5. The Bertz CT molecular complexity index is 1270. The van der Waals surface area contributed by atoms with E-state index in [1.807, 2.05) is 0 Å². The predicted molar refractivity (Wildman–Crippen MR) is 121 cm³/mol. The summed E-state index contributed by atoms with van der Waals surface area (Å²) in [6, 6.07) is 0. The number of hydrogen-bond acceptors (Lipinski definition) is 2. The van der Waals surface area contributed by atoms with Crippen molar-refractivity contribution in [2.24, 2.45) is 0 Å². The maximum Gasteiger partial charge on any atom is 0.460 e. The smallest absolute Gasteiger partial charge is 0.460 e. The van der Waals surface area contributed by atoms with Crippen molar-refractivity contribution >= 4 is 11.9 Å². The summed E-state index contributed by atoms with van der Waals surface area (Å²) in [6.07, 6.45) is -39.8. The van der Waals surface area contributed by atoms with E-state index < -0.39 is 146 Å². The van der Waals surface area contributed by atoms with Crippen LogP contribution in [-0.4, -0.2) is 93.7 Å². The lowest BCUT2D eigenvalue weighted by Gasteiger charge is -2.35. The lowest BCUT2D eigenvalue weighted by molar-refractivity contribution is -0.401. The largest absolute Gasteiger partial charge is 0.478 e. The van der Waals surface area contributed by atoms with Crippen LogP contribution in [0, 0.1) is 0 Å². The summed E-state index contributed by atoms with van der Waals surface area (Å²) in [5.41, 5.74) is -4.15. The Hall–Kier alpha value is -3.14. The van der Waals surface area contributed by atoms with Gasteiger partial charge < -0.3 is 10.2 Å². The van der Waals surface area contributed by atoms with E-state index in [2.05, 4.69) is 0 Å². The van der Waals surface area contributed by atoms with E-state index in [4.69, 9.17) is 10.2 Å². The number of carboxylic acids is 2. The second kappa shape index (κ2) is 15.1. The summed E-state index contributed by atoms with van der Waals surface area (Å²) < 4.78 is 344. The Morgan fingerprint density at radius 3 is 0.741 bits per heavy atom. The van der Waals surface area contributed by atoms with E-state index in [0.717, 1.165) is 0 Å². The maximum absolute atomic E-state index is 14.2. The maximum atomic E-state index is 14.2. The highest BCUT2D eigenvalue weighted by molar-refractivity contribution is 5.98. The Morgan fingerprint density at radius 1 is 0.333 bits per heavy atom. The molecule has 0 heterocycles. The lowest BCUT2D eigenvalue weighted by Crippen LogP contribution is -2.62. The van der Waals surface area contributed by atoms with Gasteiger partial charge in [-0.2, -0.15) is 79.0 Å². The van der Waals surface area contributed by atoms with Gasteiger partial charge in [0.1, 0.15) is 0 Å². The highest BCUT2D eigenvalue weighted by atomic mass is 19.4. The fourth-order valence-corrected chi connectivity index (χ4v) is 4.14. The minimum atomic E-state index is -7.74. The van der Waals surface area contributed by atoms with Crippen LogP contribution < -0.4 is 0 Å². The summed E-state index contributed by atoms with van der Waals surface area (Å²) in [6.45, 7) is 0. The van der Waals surface area contributed by atoms with Gasteiger partial charge in [0.05, 0.1) is 25.7 Å². The highest BCUT2D eigenvalue weighted by Crippen LogP contribution is 2.58. The fourth-order valence-electron chi connectivity index (χ4n) is 4.14. The molecule has 0 aromatic heterocycles. The zero-order valence-corrected chi connectivity index (χ0v) is 25.2. The van der Waals surface area contributed by atoms with Crippen LogP contribution >= 0.6 is 0 Å². The molecule has 0 saturated carbocycles. The first kappa shape index (κ1) is 50.9. The molecule has 0 saturated heterocycles. The van der Waals surface area contributed by atoms with Gasteiger partial charge in [0, 0.05) is 24.0 Å². The SMILES string of the molecule is O=C(O)C(CCC(F)(F)CC(F)(F)CC(F)(F)C(F)(F)C(F)(F)C(F)(F)F)=C(CCC(F)(F)CC(F)(F)CC(F)(F)C(F)(F)C(F)(F)C(F)(F)F)C(=O)O. The van der Waals surface area contributed by atoms with Gasteiger partial charge >= 0.3 is 59.8 Å². The van der Waals surface area contributed by atoms with Gasteiger partial charge in [0.15, 0.2) is 0 Å². The predicted octanol–water partition coefficient (Wildman–Crippen LogP) is 11.1. The van der Waals surface area contributed by atoms with Crippen LogP contribution in [0.2, 0.25) is 0 Å². The van der Waals surface area contributed by atoms with E-state index >= 15 is 0 Å². The average molecular weight is 864 g/mol. The summed E-state index contributed by atoms with van der Waals surface area (Å²) in [7, 11) is 0. The third-order valence-electron chi connectivity index (χ3n) is 6.78. The molecule has 54 heavy (non-hydrogen) atoms. The monoisotopic (exact) mass is 864 g/mol. The van der Waals surface area contributed by atoms with E-state index in [0.29, 0.717) is 0 Å². The Kier molecular flexibility index (Phi) is 14.2. The summed E-state index contributed by atoms with van der Waals surface area (Å²) in [5.74, 6) is -73.6. The standard InChI is InChI=1S/C24H18F26O4/c25-13(26,5-15(29,30)7-17(33,34)19(37,38)21(41,42)23(45,46)47)3-1-9(11(51)52)10(12(53)54)2-4-14(27,28)6-16(31,32)8-18(35,36)20(39,40)22(43,44)24(48,49)50/h1-8H2,(H,51,52)(H,53,54). The zero-order chi connectivity index (χ0) is 44.0. The molecule has 0 bridgehead atoms. The minimum Gasteiger partial charge on any atom is -0.478 e. The molecular formula is C24H18F26O4. The van der Waals surface area contributed by atoms with Crippen LogP contribution in [0.1, 0.15) is 51.4 Å². The molecule has 2 N–H and O–H groups in total. The van der Waals surface area contributed by atoms with E-state index in [9.17, 15) is 124 Å². The van der Waals surface area contributed by atoms with Gasteiger partial charge in [-0.3, -0.25) is 0 Å². The molecule has 0 radical (unpaired) electrons. The molecular weight excluding hydrogens is 846 g/mol.